The van der Waals surface area contributed by atoms with E-state index in [9.17, 15) is 17.6 Å². The summed E-state index contributed by atoms with van der Waals surface area (Å²) in [4.78, 5) is 12.5. The average molecular weight is 441 g/mol. The van der Waals surface area contributed by atoms with E-state index in [1.165, 1.54) is 24.3 Å². The second-order valence-electron chi connectivity index (χ2n) is 6.17. The van der Waals surface area contributed by atoms with Gasteiger partial charge in [-0.05, 0) is 71.1 Å². The lowest BCUT2D eigenvalue weighted by atomic mass is 10.1. The number of hydrogen-bond donors (Lipinski definition) is 2. The second kappa shape index (κ2) is 7.85. The molecule has 0 heterocycles. The Bertz CT molecular complexity index is 930. The highest BCUT2D eigenvalue weighted by Crippen LogP contribution is 2.25. The molecule has 0 atom stereocenters. The van der Waals surface area contributed by atoms with Gasteiger partial charge in [-0.3, -0.25) is 4.79 Å². The maximum Gasteiger partial charge on any atom is 0.252 e. The van der Waals surface area contributed by atoms with Crippen molar-refractivity contribution >= 4 is 31.9 Å². The topological polar surface area (TPSA) is 75.3 Å². The number of sulfonamides is 1. The first-order chi connectivity index (χ1) is 12.3. The first-order valence-electron chi connectivity index (χ1n) is 8.20. The van der Waals surface area contributed by atoms with Crippen molar-refractivity contribution in [2.75, 3.05) is 6.54 Å². The zero-order valence-corrected chi connectivity index (χ0v) is 16.2. The number of halogens is 2. The fourth-order valence-corrected chi connectivity index (χ4v) is 4.20. The van der Waals surface area contributed by atoms with Gasteiger partial charge in [-0.25, -0.2) is 17.5 Å². The van der Waals surface area contributed by atoms with Crippen molar-refractivity contribution in [3.05, 3.63) is 63.9 Å². The molecule has 26 heavy (non-hydrogen) atoms. The van der Waals surface area contributed by atoms with E-state index in [2.05, 4.69) is 26.0 Å². The second-order valence-corrected chi connectivity index (χ2v) is 8.74. The van der Waals surface area contributed by atoms with Crippen molar-refractivity contribution in [2.45, 2.75) is 30.2 Å². The Morgan fingerprint density at radius 3 is 2.65 bits per heavy atom. The predicted molar refractivity (Wildman–Crippen MR) is 99.9 cm³/mol. The van der Waals surface area contributed by atoms with E-state index >= 15 is 0 Å². The minimum Gasteiger partial charge on any atom is -0.352 e. The molecule has 0 aromatic heterocycles. The molecule has 8 heteroatoms. The molecule has 1 amide bonds. The van der Waals surface area contributed by atoms with Crippen molar-refractivity contribution in [2.24, 2.45) is 0 Å². The first kappa shape index (κ1) is 19.0. The van der Waals surface area contributed by atoms with Crippen LogP contribution >= 0.6 is 15.9 Å². The van der Waals surface area contributed by atoms with Crippen LogP contribution in [0, 0.1) is 5.82 Å². The van der Waals surface area contributed by atoms with Crippen molar-refractivity contribution in [3.8, 4) is 0 Å². The summed E-state index contributed by atoms with van der Waals surface area (Å²) in [5.74, 6) is -0.714. The molecule has 0 spiro atoms. The van der Waals surface area contributed by atoms with Gasteiger partial charge in [-0.1, -0.05) is 12.1 Å². The van der Waals surface area contributed by atoms with Crippen molar-refractivity contribution in [1.29, 1.82) is 0 Å². The Hall–Kier alpha value is -1.77. The van der Waals surface area contributed by atoms with E-state index in [1.807, 2.05) is 0 Å². The lowest BCUT2D eigenvalue weighted by Crippen LogP contribution is -2.28. The Morgan fingerprint density at radius 2 is 1.96 bits per heavy atom. The lowest BCUT2D eigenvalue weighted by Gasteiger charge is -2.10. The summed E-state index contributed by atoms with van der Waals surface area (Å²) in [6.45, 7) is 0.312. The summed E-state index contributed by atoms with van der Waals surface area (Å²) in [7, 11) is -3.63. The van der Waals surface area contributed by atoms with Gasteiger partial charge in [-0.15, -0.1) is 0 Å². The van der Waals surface area contributed by atoms with Gasteiger partial charge < -0.3 is 5.32 Å². The smallest absolute Gasteiger partial charge is 0.252 e. The molecular formula is C18H18BrFN2O3S. The highest BCUT2D eigenvalue weighted by molar-refractivity contribution is 9.10. The Balaban J connectivity index is 1.67. The van der Waals surface area contributed by atoms with Crippen LogP contribution < -0.4 is 10.0 Å². The van der Waals surface area contributed by atoms with Crippen LogP contribution in [-0.4, -0.2) is 26.9 Å². The SMILES string of the molecule is O=C(NCCc1cccc(F)c1)c1cc(S(=O)(=O)NC2CC2)ccc1Br. The quantitative estimate of drug-likeness (QED) is 0.694. The molecule has 1 aliphatic rings. The highest BCUT2D eigenvalue weighted by atomic mass is 79.9. The van der Waals surface area contributed by atoms with Gasteiger partial charge in [0, 0.05) is 17.1 Å². The van der Waals surface area contributed by atoms with Crippen LogP contribution in [0.4, 0.5) is 4.39 Å². The third-order valence-corrected chi connectivity index (χ3v) is 6.19. The minimum absolute atomic E-state index is 0.00723. The summed E-state index contributed by atoms with van der Waals surface area (Å²) in [5, 5.41) is 2.73. The Morgan fingerprint density at radius 1 is 1.19 bits per heavy atom. The standard InChI is InChI=1S/C18H18BrFN2O3S/c19-17-7-6-15(26(24,25)22-14-4-5-14)11-16(17)18(23)21-9-8-12-2-1-3-13(20)10-12/h1-3,6-7,10-11,14,22H,4-5,8-9H2,(H,21,23). The van der Waals surface area contributed by atoms with Crippen LogP contribution in [0.15, 0.2) is 51.8 Å². The van der Waals surface area contributed by atoms with E-state index < -0.39 is 15.9 Å². The number of benzene rings is 2. The van der Waals surface area contributed by atoms with Crippen LogP contribution in [0.1, 0.15) is 28.8 Å². The van der Waals surface area contributed by atoms with Gasteiger partial charge in [0.2, 0.25) is 10.0 Å². The highest BCUT2D eigenvalue weighted by Gasteiger charge is 2.28. The number of nitrogens with one attached hydrogen (secondary N) is 2. The molecular weight excluding hydrogens is 423 g/mol. The predicted octanol–water partition coefficient (Wildman–Crippen LogP) is 3.00. The average Bonchev–Trinajstić information content (AvgIpc) is 3.38. The van der Waals surface area contributed by atoms with Crippen LogP contribution in [-0.2, 0) is 16.4 Å². The van der Waals surface area contributed by atoms with E-state index in [4.69, 9.17) is 0 Å². The van der Waals surface area contributed by atoms with Crippen molar-refractivity contribution < 1.29 is 17.6 Å². The molecule has 2 aromatic rings. The van der Waals surface area contributed by atoms with Gasteiger partial charge in [-0.2, -0.15) is 0 Å². The molecule has 0 bridgehead atoms. The molecule has 0 radical (unpaired) electrons. The summed E-state index contributed by atoms with van der Waals surface area (Å²) in [6, 6.07) is 10.5. The van der Waals surface area contributed by atoms with Gasteiger partial charge in [0.05, 0.1) is 10.5 Å². The Kier molecular flexibility index (Phi) is 5.74. The molecule has 2 aromatic carbocycles. The molecule has 138 valence electrons. The summed E-state index contributed by atoms with van der Waals surface area (Å²) >= 11 is 3.28. The fraction of sp³-hybridized carbons (Fsp3) is 0.278. The van der Waals surface area contributed by atoms with E-state index in [0.717, 1.165) is 18.4 Å². The third kappa shape index (κ3) is 4.90. The summed E-state index contributed by atoms with van der Waals surface area (Å²) in [5.41, 5.74) is 1.01. The van der Waals surface area contributed by atoms with Crippen molar-refractivity contribution in [3.63, 3.8) is 0 Å². The minimum atomic E-state index is -3.63. The van der Waals surface area contributed by atoms with E-state index in [1.54, 1.807) is 18.2 Å². The number of carbonyl (C=O) groups is 1. The molecule has 5 nitrogen and oxygen atoms in total. The molecule has 0 saturated heterocycles. The molecule has 1 saturated carbocycles. The maximum atomic E-state index is 13.2. The van der Waals surface area contributed by atoms with Gasteiger partial charge >= 0.3 is 0 Å². The zero-order chi connectivity index (χ0) is 18.7. The molecule has 0 unspecified atom stereocenters. The van der Waals surface area contributed by atoms with Crippen LogP contribution in [0.3, 0.4) is 0 Å². The van der Waals surface area contributed by atoms with Crippen LogP contribution in [0.25, 0.3) is 0 Å². The van der Waals surface area contributed by atoms with E-state index in [0.29, 0.717) is 17.4 Å². The monoisotopic (exact) mass is 440 g/mol. The fourth-order valence-electron chi connectivity index (χ4n) is 2.44. The van der Waals surface area contributed by atoms with Crippen molar-refractivity contribution in [1.82, 2.24) is 10.0 Å². The van der Waals surface area contributed by atoms with E-state index in [-0.39, 0.29) is 22.3 Å². The molecule has 3 rings (SSSR count). The molecule has 1 fully saturated rings. The Labute approximate surface area is 160 Å². The number of rotatable bonds is 7. The van der Waals surface area contributed by atoms with Crippen LogP contribution in [0.2, 0.25) is 0 Å². The number of carbonyl (C=O) groups excluding carboxylic acids is 1. The van der Waals surface area contributed by atoms with Gasteiger partial charge in [0.15, 0.2) is 0 Å². The largest absolute Gasteiger partial charge is 0.352 e. The van der Waals surface area contributed by atoms with Crippen LogP contribution in [0.5, 0.6) is 0 Å². The lowest BCUT2D eigenvalue weighted by molar-refractivity contribution is 0.0953. The van der Waals surface area contributed by atoms with Gasteiger partial charge in [0.1, 0.15) is 5.82 Å². The summed E-state index contributed by atoms with van der Waals surface area (Å²) in [6.07, 6.45) is 2.15. The molecule has 0 aliphatic heterocycles. The number of amides is 1. The third-order valence-electron chi connectivity index (χ3n) is 3.98. The zero-order valence-electron chi connectivity index (χ0n) is 13.8. The maximum absolute atomic E-state index is 13.2. The molecule has 1 aliphatic carbocycles. The summed E-state index contributed by atoms with van der Waals surface area (Å²) < 4.78 is 40.9. The van der Waals surface area contributed by atoms with Gasteiger partial charge in [0.25, 0.3) is 5.91 Å². The first-order valence-corrected chi connectivity index (χ1v) is 10.5. The molecule has 2 N–H and O–H groups in total. The number of hydrogen-bond acceptors (Lipinski definition) is 3. The normalized spacial score (nSPS) is 14.2.